The summed E-state index contributed by atoms with van der Waals surface area (Å²) in [5.74, 6) is -0.303. The Morgan fingerprint density at radius 1 is 1.23 bits per heavy atom. The van der Waals surface area contributed by atoms with Gasteiger partial charge < -0.3 is 19.3 Å². The first-order valence-electron chi connectivity index (χ1n) is 7.56. The molecule has 1 aromatic carbocycles. The number of aliphatic hydroxyl groups excluding tert-OH is 1. The highest BCUT2D eigenvalue weighted by molar-refractivity contribution is 5.70. The summed E-state index contributed by atoms with van der Waals surface area (Å²) >= 11 is 0. The summed E-state index contributed by atoms with van der Waals surface area (Å²) in [5.41, 5.74) is 0.354. The number of benzene rings is 1. The number of hydrogen-bond donors (Lipinski definition) is 1. The van der Waals surface area contributed by atoms with E-state index in [-0.39, 0.29) is 31.2 Å². The van der Waals surface area contributed by atoms with Crippen LogP contribution in [0.25, 0.3) is 0 Å². The van der Waals surface area contributed by atoms with Crippen molar-refractivity contribution < 1.29 is 24.1 Å². The minimum Gasteiger partial charge on any atom is -0.460 e. The molecule has 0 aliphatic carbocycles. The summed E-state index contributed by atoms with van der Waals surface area (Å²) in [6.45, 7) is 5.40. The van der Waals surface area contributed by atoms with E-state index in [2.05, 4.69) is 0 Å². The Balaban J connectivity index is 2.00. The smallest absolute Gasteiger partial charge is 0.308 e. The Hall–Kier alpha value is -1.43. The Kier molecular flexibility index (Phi) is 5.56. The van der Waals surface area contributed by atoms with Gasteiger partial charge in [0.05, 0.1) is 25.2 Å². The van der Waals surface area contributed by atoms with Crippen molar-refractivity contribution in [2.45, 2.75) is 57.7 Å². The summed E-state index contributed by atoms with van der Waals surface area (Å²) in [7, 11) is 0. The van der Waals surface area contributed by atoms with Crippen molar-refractivity contribution in [1.29, 1.82) is 0 Å². The maximum absolute atomic E-state index is 12.0. The highest BCUT2D eigenvalue weighted by Crippen LogP contribution is 2.31. The second-order valence-corrected chi connectivity index (χ2v) is 6.47. The summed E-state index contributed by atoms with van der Waals surface area (Å²) in [6, 6.07) is 9.50. The van der Waals surface area contributed by atoms with E-state index >= 15 is 0 Å². The summed E-state index contributed by atoms with van der Waals surface area (Å²) < 4.78 is 16.9. The molecule has 2 rings (SSSR count). The fourth-order valence-corrected chi connectivity index (χ4v) is 2.37. The van der Waals surface area contributed by atoms with Gasteiger partial charge in [-0.1, -0.05) is 30.3 Å². The van der Waals surface area contributed by atoms with E-state index in [0.29, 0.717) is 6.42 Å². The van der Waals surface area contributed by atoms with Crippen molar-refractivity contribution in [3.05, 3.63) is 35.9 Å². The monoisotopic (exact) mass is 308 g/mol. The van der Waals surface area contributed by atoms with Crippen LogP contribution >= 0.6 is 0 Å². The molecule has 1 N–H and O–H groups in total. The number of carbonyl (C=O) groups is 1. The van der Waals surface area contributed by atoms with Gasteiger partial charge in [0.2, 0.25) is 0 Å². The second-order valence-electron chi connectivity index (χ2n) is 6.47. The predicted molar refractivity (Wildman–Crippen MR) is 81.1 cm³/mol. The zero-order chi connectivity index (χ0) is 16.2. The number of hydrogen-bond acceptors (Lipinski definition) is 5. The molecule has 1 aliphatic rings. The minimum absolute atomic E-state index is 0.0997. The lowest BCUT2D eigenvalue weighted by Crippen LogP contribution is -2.38. The van der Waals surface area contributed by atoms with Crippen molar-refractivity contribution in [2.75, 3.05) is 6.61 Å². The quantitative estimate of drug-likeness (QED) is 0.866. The lowest BCUT2D eigenvalue weighted by Gasteiger charge is -2.35. The van der Waals surface area contributed by atoms with E-state index < -0.39 is 11.9 Å². The third kappa shape index (κ3) is 5.09. The van der Waals surface area contributed by atoms with Gasteiger partial charge in [0, 0.05) is 12.0 Å². The number of ether oxygens (including phenoxy) is 3. The van der Waals surface area contributed by atoms with Crippen molar-refractivity contribution in [2.24, 2.45) is 0 Å². The molecule has 0 radical (unpaired) electrons. The van der Waals surface area contributed by atoms with Crippen LogP contribution in [0.2, 0.25) is 0 Å². The van der Waals surface area contributed by atoms with Gasteiger partial charge in [-0.3, -0.25) is 4.79 Å². The first-order valence-corrected chi connectivity index (χ1v) is 7.56. The first-order chi connectivity index (χ1) is 10.4. The molecule has 5 heteroatoms. The first kappa shape index (κ1) is 16.9. The van der Waals surface area contributed by atoms with Crippen LogP contribution in [-0.2, 0) is 19.0 Å². The molecule has 0 spiro atoms. The molecule has 122 valence electrons. The third-order valence-corrected chi connectivity index (χ3v) is 3.25. The van der Waals surface area contributed by atoms with Gasteiger partial charge in [0.15, 0.2) is 6.29 Å². The summed E-state index contributed by atoms with van der Waals surface area (Å²) in [6.07, 6.45) is -0.614. The normalized spacial score (nSPS) is 25.7. The van der Waals surface area contributed by atoms with E-state index in [1.165, 1.54) is 0 Å². The van der Waals surface area contributed by atoms with E-state index in [1.54, 1.807) is 0 Å². The van der Waals surface area contributed by atoms with E-state index in [0.717, 1.165) is 5.56 Å². The van der Waals surface area contributed by atoms with Crippen LogP contribution in [0.1, 0.15) is 45.5 Å². The molecule has 1 aromatic rings. The SMILES string of the molecule is CC(C)(C)OC(=O)C[C@H]1C[C@@H](CO)OC(c2ccccc2)O1. The highest BCUT2D eigenvalue weighted by Gasteiger charge is 2.33. The molecule has 5 nitrogen and oxygen atoms in total. The predicted octanol–water partition coefficient (Wildman–Crippen LogP) is 2.58. The Morgan fingerprint density at radius 3 is 2.45 bits per heavy atom. The molecule has 1 heterocycles. The fraction of sp³-hybridized carbons (Fsp3) is 0.588. The van der Waals surface area contributed by atoms with Gasteiger partial charge in [-0.05, 0) is 20.8 Å². The summed E-state index contributed by atoms with van der Waals surface area (Å²) in [5, 5.41) is 9.40. The zero-order valence-corrected chi connectivity index (χ0v) is 13.3. The number of esters is 1. The molecule has 0 bridgehead atoms. The molecular weight excluding hydrogens is 284 g/mol. The fourth-order valence-electron chi connectivity index (χ4n) is 2.37. The van der Waals surface area contributed by atoms with Gasteiger partial charge >= 0.3 is 5.97 Å². The van der Waals surface area contributed by atoms with Crippen LogP contribution in [0.3, 0.4) is 0 Å². The topological polar surface area (TPSA) is 65.0 Å². The maximum Gasteiger partial charge on any atom is 0.308 e. The minimum atomic E-state index is -0.570. The number of carbonyl (C=O) groups excluding carboxylic acids is 1. The van der Waals surface area contributed by atoms with Gasteiger partial charge in [0.1, 0.15) is 5.60 Å². The van der Waals surface area contributed by atoms with Crippen LogP contribution in [0.15, 0.2) is 30.3 Å². The van der Waals surface area contributed by atoms with Gasteiger partial charge in [0.25, 0.3) is 0 Å². The lowest BCUT2D eigenvalue weighted by atomic mass is 10.1. The number of rotatable bonds is 4. The molecule has 0 saturated carbocycles. The molecule has 1 aliphatic heterocycles. The molecule has 1 unspecified atom stereocenters. The molecule has 0 aromatic heterocycles. The summed E-state index contributed by atoms with van der Waals surface area (Å²) in [4.78, 5) is 12.0. The molecule has 1 fully saturated rings. The van der Waals surface area contributed by atoms with Gasteiger partial charge in [-0.2, -0.15) is 0 Å². The van der Waals surface area contributed by atoms with Crippen LogP contribution in [-0.4, -0.2) is 35.5 Å². The van der Waals surface area contributed by atoms with Gasteiger partial charge in [-0.15, -0.1) is 0 Å². The Bertz CT molecular complexity index is 480. The molecule has 22 heavy (non-hydrogen) atoms. The van der Waals surface area contributed by atoms with Crippen molar-refractivity contribution in [3.8, 4) is 0 Å². The van der Waals surface area contributed by atoms with Crippen molar-refractivity contribution in [1.82, 2.24) is 0 Å². The van der Waals surface area contributed by atoms with Crippen molar-refractivity contribution >= 4 is 5.97 Å². The van der Waals surface area contributed by atoms with Crippen LogP contribution < -0.4 is 0 Å². The lowest BCUT2D eigenvalue weighted by molar-refractivity contribution is -0.255. The average Bonchev–Trinajstić information content (AvgIpc) is 2.45. The second kappa shape index (κ2) is 7.22. The van der Waals surface area contributed by atoms with E-state index in [1.807, 2.05) is 51.1 Å². The van der Waals surface area contributed by atoms with Crippen LogP contribution in [0, 0.1) is 0 Å². The van der Waals surface area contributed by atoms with E-state index in [4.69, 9.17) is 14.2 Å². The zero-order valence-electron chi connectivity index (χ0n) is 13.3. The standard InChI is InChI=1S/C17H24O5/c1-17(2,3)22-15(19)10-13-9-14(11-18)21-16(20-13)12-7-5-4-6-8-12/h4-8,13-14,16,18H,9-11H2,1-3H3/t13-,14+,16?/m1/s1. The Morgan fingerprint density at radius 2 is 1.86 bits per heavy atom. The molecule has 3 atom stereocenters. The van der Waals surface area contributed by atoms with Crippen LogP contribution in [0.5, 0.6) is 0 Å². The van der Waals surface area contributed by atoms with Gasteiger partial charge in [-0.25, -0.2) is 0 Å². The van der Waals surface area contributed by atoms with E-state index in [9.17, 15) is 9.90 Å². The third-order valence-electron chi connectivity index (χ3n) is 3.25. The molecule has 0 amide bonds. The molecular formula is C17H24O5. The highest BCUT2D eigenvalue weighted by atomic mass is 16.7. The maximum atomic E-state index is 12.0. The Labute approximate surface area is 131 Å². The molecule has 1 saturated heterocycles. The van der Waals surface area contributed by atoms with Crippen molar-refractivity contribution in [3.63, 3.8) is 0 Å². The largest absolute Gasteiger partial charge is 0.460 e. The average molecular weight is 308 g/mol. The van der Waals surface area contributed by atoms with Crippen LogP contribution in [0.4, 0.5) is 0 Å². The number of aliphatic hydroxyl groups is 1.